The first kappa shape index (κ1) is 14.2. The van der Waals surface area contributed by atoms with E-state index in [0.717, 1.165) is 17.7 Å². The van der Waals surface area contributed by atoms with E-state index in [1.165, 1.54) is 0 Å². The van der Waals surface area contributed by atoms with E-state index in [2.05, 4.69) is 10.6 Å². The Morgan fingerprint density at radius 2 is 1.95 bits per heavy atom. The van der Waals surface area contributed by atoms with E-state index in [-0.39, 0.29) is 11.9 Å². The third-order valence-corrected chi connectivity index (χ3v) is 4.12. The fourth-order valence-electron chi connectivity index (χ4n) is 2.44. The molecule has 1 unspecified atom stereocenters. The second kappa shape index (κ2) is 5.96. The predicted molar refractivity (Wildman–Crippen MR) is 87.3 cm³/mol. The SMILES string of the molecule is O=C1Nc2ccccc2CCC1Nc1cc(Cl)ccc1Cl. The lowest BCUT2D eigenvalue weighted by molar-refractivity contribution is -0.116. The number of aryl methyl sites for hydroxylation is 1. The van der Waals surface area contributed by atoms with Gasteiger partial charge in [0.05, 0.1) is 10.7 Å². The second-order valence-electron chi connectivity index (χ2n) is 5.01. The Morgan fingerprint density at radius 1 is 1.14 bits per heavy atom. The van der Waals surface area contributed by atoms with Crippen LogP contribution in [0.1, 0.15) is 12.0 Å². The largest absolute Gasteiger partial charge is 0.372 e. The maximum absolute atomic E-state index is 12.3. The van der Waals surface area contributed by atoms with Crippen LogP contribution in [0.4, 0.5) is 11.4 Å². The van der Waals surface area contributed by atoms with Crippen LogP contribution >= 0.6 is 23.2 Å². The van der Waals surface area contributed by atoms with Crippen LogP contribution in [0.5, 0.6) is 0 Å². The number of carbonyl (C=O) groups excluding carboxylic acids is 1. The van der Waals surface area contributed by atoms with Crippen LogP contribution in [-0.4, -0.2) is 11.9 Å². The summed E-state index contributed by atoms with van der Waals surface area (Å²) in [5.74, 6) is -0.0593. The van der Waals surface area contributed by atoms with Crippen LogP contribution in [0.15, 0.2) is 42.5 Å². The number of carbonyl (C=O) groups is 1. The summed E-state index contributed by atoms with van der Waals surface area (Å²) in [6.45, 7) is 0. The maximum Gasteiger partial charge on any atom is 0.246 e. The number of amides is 1. The zero-order chi connectivity index (χ0) is 14.8. The van der Waals surface area contributed by atoms with Crippen LogP contribution in [0.25, 0.3) is 0 Å². The van der Waals surface area contributed by atoms with Crippen LogP contribution in [0.3, 0.4) is 0 Å². The van der Waals surface area contributed by atoms with Gasteiger partial charge in [0.1, 0.15) is 6.04 Å². The molecule has 0 radical (unpaired) electrons. The summed E-state index contributed by atoms with van der Waals surface area (Å²) in [5.41, 5.74) is 2.70. The van der Waals surface area contributed by atoms with Gasteiger partial charge in [-0.3, -0.25) is 4.79 Å². The quantitative estimate of drug-likeness (QED) is 0.863. The van der Waals surface area contributed by atoms with Gasteiger partial charge < -0.3 is 10.6 Å². The molecule has 1 aliphatic rings. The Hall–Kier alpha value is -1.71. The molecule has 0 aromatic heterocycles. The van der Waals surface area contributed by atoms with E-state index in [1.807, 2.05) is 24.3 Å². The number of nitrogens with one attached hydrogen (secondary N) is 2. The highest BCUT2D eigenvalue weighted by Gasteiger charge is 2.23. The lowest BCUT2D eigenvalue weighted by Crippen LogP contribution is -2.33. The highest BCUT2D eigenvalue weighted by atomic mass is 35.5. The smallest absolute Gasteiger partial charge is 0.246 e. The van der Waals surface area contributed by atoms with E-state index in [9.17, 15) is 4.79 Å². The molecule has 0 saturated heterocycles. The Kier molecular flexibility index (Phi) is 4.04. The molecule has 5 heteroatoms. The third kappa shape index (κ3) is 3.14. The van der Waals surface area contributed by atoms with Gasteiger partial charge in [0.15, 0.2) is 0 Å². The zero-order valence-electron chi connectivity index (χ0n) is 11.2. The van der Waals surface area contributed by atoms with Crippen molar-refractivity contribution in [3.63, 3.8) is 0 Å². The molecular weight excluding hydrogens is 307 g/mol. The molecule has 2 N–H and O–H groups in total. The first-order valence-corrected chi connectivity index (χ1v) is 7.49. The lowest BCUT2D eigenvalue weighted by Gasteiger charge is -2.17. The molecule has 1 aliphatic heterocycles. The van der Waals surface area contributed by atoms with Gasteiger partial charge in [-0.1, -0.05) is 41.4 Å². The van der Waals surface area contributed by atoms with Crippen LogP contribution in [0, 0.1) is 0 Å². The van der Waals surface area contributed by atoms with Gasteiger partial charge in [0, 0.05) is 10.7 Å². The Balaban J connectivity index is 1.81. The topological polar surface area (TPSA) is 41.1 Å². The number of rotatable bonds is 2. The van der Waals surface area contributed by atoms with Gasteiger partial charge in [-0.25, -0.2) is 0 Å². The summed E-state index contributed by atoms with van der Waals surface area (Å²) >= 11 is 12.1. The van der Waals surface area contributed by atoms with Gasteiger partial charge in [0.2, 0.25) is 5.91 Å². The molecule has 2 aromatic rings. The van der Waals surface area contributed by atoms with E-state index < -0.39 is 0 Å². The first-order valence-electron chi connectivity index (χ1n) is 6.74. The Morgan fingerprint density at radius 3 is 2.81 bits per heavy atom. The van der Waals surface area contributed by atoms with E-state index >= 15 is 0 Å². The molecule has 108 valence electrons. The van der Waals surface area contributed by atoms with Crippen molar-refractivity contribution in [3.05, 3.63) is 58.1 Å². The van der Waals surface area contributed by atoms with Gasteiger partial charge >= 0.3 is 0 Å². The Labute approximate surface area is 133 Å². The van der Waals surface area contributed by atoms with Gasteiger partial charge in [-0.15, -0.1) is 0 Å². The van der Waals surface area contributed by atoms with Crippen molar-refractivity contribution in [2.24, 2.45) is 0 Å². The summed E-state index contributed by atoms with van der Waals surface area (Å²) in [6, 6.07) is 12.7. The summed E-state index contributed by atoms with van der Waals surface area (Å²) in [5, 5.41) is 7.27. The minimum atomic E-state index is -0.339. The lowest BCUT2D eigenvalue weighted by atomic mass is 10.1. The number of hydrogen-bond acceptors (Lipinski definition) is 2. The highest BCUT2D eigenvalue weighted by Crippen LogP contribution is 2.28. The molecule has 3 nitrogen and oxygen atoms in total. The normalized spacial score (nSPS) is 17.6. The summed E-state index contributed by atoms with van der Waals surface area (Å²) in [7, 11) is 0. The van der Waals surface area contributed by atoms with Gasteiger partial charge in [0.25, 0.3) is 0 Å². The molecule has 2 aromatic carbocycles. The molecule has 21 heavy (non-hydrogen) atoms. The van der Waals surface area contributed by atoms with E-state index in [0.29, 0.717) is 22.2 Å². The van der Waals surface area contributed by atoms with Crippen LogP contribution < -0.4 is 10.6 Å². The zero-order valence-corrected chi connectivity index (χ0v) is 12.7. The molecule has 0 aliphatic carbocycles. The van der Waals surface area contributed by atoms with Crippen molar-refractivity contribution < 1.29 is 4.79 Å². The van der Waals surface area contributed by atoms with Gasteiger partial charge in [-0.05, 0) is 42.7 Å². The highest BCUT2D eigenvalue weighted by molar-refractivity contribution is 6.35. The average molecular weight is 321 g/mol. The first-order chi connectivity index (χ1) is 10.1. The fourth-order valence-corrected chi connectivity index (χ4v) is 2.79. The number of benzene rings is 2. The Bertz CT molecular complexity index is 688. The monoisotopic (exact) mass is 320 g/mol. The molecule has 1 heterocycles. The van der Waals surface area contributed by atoms with Crippen molar-refractivity contribution in [2.75, 3.05) is 10.6 Å². The number of hydrogen-bond donors (Lipinski definition) is 2. The van der Waals surface area contributed by atoms with Crippen molar-refractivity contribution in [3.8, 4) is 0 Å². The van der Waals surface area contributed by atoms with Crippen molar-refractivity contribution in [2.45, 2.75) is 18.9 Å². The van der Waals surface area contributed by atoms with E-state index in [4.69, 9.17) is 23.2 Å². The number of anilines is 2. The number of fused-ring (bicyclic) bond motifs is 1. The molecule has 0 fully saturated rings. The summed E-state index contributed by atoms with van der Waals surface area (Å²) < 4.78 is 0. The van der Waals surface area contributed by atoms with E-state index in [1.54, 1.807) is 18.2 Å². The predicted octanol–water partition coefficient (Wildman–Crippen LogP) is 4.36. The molecule has 0 bridgehead atoms. The minimum Gasteiger partial charge on any atom is -0.372 e. The minimum absolute atomic E-state index is 0.0593. The molecular formula is C16H14Cl2N2O. The summed E-state index contributed by atoms with van der Waals surface area (Å²) in [6.07, 6.45) is 1.52. The second-order valence-corrected chi connectivity index (χ2v) is 5.85. The fraction of sp³-hybridized carbons (Fsp3) is 0.188. The number of halogens is 2. The molecule has 1 amide bonds. The van der Waals surface area contributed by atoms with Crippen molar-refractivity contribution in [1.29, 1.82) is 0 Å². The molecule has 1 atom stereocenters. The van der Waals surface area contributed by atoms with Crippen LogP contribution in [0.2, 0.25) is 10.0 Å². The maximum atomic E-state index is 12.3. The third-order valence-electron chi connectivity index (χ3n) is 3.55. The molecule has 0 saturated carbocycles. The summed E-state index contributed by atoms with van der Waals surface area (Å²) in [4.78, 5) is 12.3. The standard InChI is InChI=1S/C16H14Cl2N2O/c17-11-6-7-12(18)15(9-11)19-14-8-5-10-3-1-2-4-13(10)20-16(14)21/h1-4,6-7,9,14,19H,5,8H2,(H,20,21). The van der Waals surface area contributed by atoms with Gasteiger partial charge in [-0.2, -0.15) is 0 Å². The van der Waals surface area contributed by atoms with Crippen LogP contribution in [-0.2, 0) is 11.2 Å². The van der Waals surface area contributed by atoms with Crippen molar-refractivity contribution >= 4 is 40.5 Å². The number of para-hydroxylation sites is 1. The molecule has 3 rings (SSSR count). The molecule has 0 spiro atoms. The van der Waals surface area contributed by atoms with Crippen molar-refractivity contribution in [1.82, 2.24) is 0 Å². The average Bonchev–Trinajstić information content (AvgIpc) is 2.62.